The smallest absolute Gasteiger partial charge is 0.251 e. The van der Waals surface area contributed by atoms with Gasteiger partial charge < -0.3 is 25.4 Å². The van der Waals surface area contributed by atoms with E-state index in [1.807, 2.05) is 13.8 Å². The first-order valence-corrected chi connectivity index (χ1v) is 9.60. The van der Waals surface area contributed by atoms with Crippen molar-refractivity contribution in [2.24, 2.45) is 11.8 Å². The highest BCUT2D eigenvalue weighted by Crippen LogP contribution is 2.33. The Morgan fingerprint density at radius 1 is 1.11 bits per heavy atom. The molecular formula is C20H27N3O5. The number of nitrogens with one attached hydrogen (secondary N) is 3. The zero-order valence-corrected chi connectivity index (χ0v) is 16.4. The van der Waals surface area contributed by atoms with Gasteiger partial charge in [-0.25, -0.2) is 0 Å². The number of hydrogen-bond donors (Lipinski definition) is 3. The van der Waals surface area contributed by atoms with Gasteiger partial charge in [-0.15, -0.1) is 0 Å². The van der Waals surface area contributed by atoms with Crippen LogP contribution in [0.3, 0.4) is 0 Å². The maximum Gasteiger partial charge on any atom is 0.251 e. The van der Waals surface area contributed by atoms with Gasteiger partial charge in [-0.1, -0.05) is 13.8 Å². The van der Waals surface area contributed by atoms with Crippen molar-refractivity contribution in [2.75, 3.05) is 13.3 Å². The summed E-state index contributed by atoms with van der Waals surface area (Å²) in [5, 5.41) is 8.58. The third-order valence-electron chi connectivity index (χ3n) is 4.94. The molecule has 1 heterocycles. The van der Waals surface area contributed by atoms with Gasteiger partial charge >= 0.3 is 0 Å². The van der Waals surface area contributed by atoms with Gasteiger partial charge in [0.2, 0.25) is 18.6 Å². The van der Waals surface area contributed by atoms with E-state index in [2.05, 4.69) is 16.0 Å². The molecule has 3 amide bonds. The second kappa shape index (κ2) is 8.50. The molecule has 8 nitrogen and oxygen atoms in total. The van der Waals surface area contributed by atoms with Crippen LogP contribution < -0.4 is 25.4 Å². The van der Waals surface area contributed by atoms with Gasteiger partial charge in [-0.2, -0.15) is 0 Å². The van der Waals surface area contributed by atoms with Crippen molar-refractivity contribution in [1.29, 1.82) is 0 Å². The molecular weight excluding hydrogens is 362 g/mol. The van der Waals surface area contributed by atoms with Crippen LogP contribution in [-0.4, -0.2) is 43.1 Å². The number of carbonyl (C=O) groups excluding carboxylic acids is 3. The molecule has 0 radical (unpaired) electrons. The summed E-state index contributed by atoms with van der Waals surface area (Å²) >= 11 is 0. The van der Waals surface area contributed by atoms with Crippen LogP contribution in [0.4, 0.5) is 0 Å². The quantitative estimate of drug-likeness (QED) is 0.620. The Labute approximate surface area is 164 Å². The fourth-order valence-electron chi connectivity index (χ4n) is 3.20. The first-order chi connectivity index (χ1) is 13.3. The fraction of sp³-hybridized carbons (Fsp3) is 0.550. The maximum atomic E-state index is 12.6. The standard InChI is InChI=1S/C20H27N3O5/c1-11(2)18(22-12(3)24)20(26)23-15(13-4-5-13)9-21-19(25)14-6-7-16-17(8-14)28-10-27-16/h6-8,11,13,15,18H,4-5,9-10H2,1-3H3,(H,21,25)(H,22,24)(H,23,26). The molecule has 1 aromatic carbocycles. The summed E-state index contributed by atoms with van der Waals surface area (Å²) in [7, 11) is 0. The highest BCUT2D eigenvalue weighted by Gasteiger charge is 2.34. The van der Waals surface area contributed by atoms with Crippen LogP contribution in [0.5, 0.6) is 11.5 Å². The van der Waals surface area contributed by atoms with Crippen LogP contribution in [0, 0.1) is 11.8 Å². The number of rotatable bonds is 8. The summed E-state index contributed by atoms with van der Waals surface area (Å²) < 4.78 is 10.6. The summed E-state index contributed by atoms with van der Waals surface area (Å²) in [5.41, 5.74) is 0.475. The number of fused-ring (bicyclic) bond motifs is 1. The first-order valence-electron chi connectivity index (χ1n) is 9.60. The lowest BCUT2D eigenvalue weighted by Gasteiger charge is -2.25. The minimum Gasteiger partial charge on any atom is -0.454 e. The summed E-state index contributed by atoms with van der Waals surface area (Å²) in [4.78, 5) is 36.5. The van der Waals surface area contributed by atoms with Gasteiger partial charge in [0.05, 0.1) is 0 Å². The molecule has 3 N–H and O–H groups in total. The van der Waals surface area contributed by atoms with E-state index < -0.39 is 6.04 Å². The fourth-order valence-corrected chi connectivity index (χ4v) is 3.20. The van der Waals surface area contributed by atoms with Crippen LogP contribution in [-0.2, 0) is 9.59 Å². The predicted octanol–water partition coefficient (Wildman–Crippen LogP) is 1.20. The van der Waals surface area contributed by atoms with Crippen molar-refractivity contribution in [3.05, 3.63) is 23.8 Å². The minimum atomic E-state index is -0.594. The van der Waals surface area contributed by atoms with Crippen LogP contribution in [0.15, 0.2) is 18.2 Å². The lowest BCUT2D eigenvalue weighted by atomic mass is 10.0. The van der Waals surface area contributed by atoms with Gasteiger partial charge in [0.1, 0.15) is 6.04 Å². The molecule has 1 fully saturated rings. The predicted molar refractivity (Wildman–Crippen MR) is 102 cm³/mol. The molecule has 0 aromatic heterocycles. The normalized spacial score (nSPS) is 17.0. The average molecular weight is 389 g/mol. The molecule has 152 valence electrons. The Bertz CT molecular complexity index is 760. The monoisotopic (exact) mass is 389 g/mol. The lowest BCUT2D eigenvalue weighted by Crippen LogP contribution is -2.54. The van der Waals surface area contributed by atoms with Gasteiger partial charge in [-0.3, -0.25) is 14.4 Å². The Morgan fingerprint density at radius 3 is 2.46 bits per heavy atom. The molecule has 1 aromatic rings. The molecule has 0 bridgehead atoms. The largest absolute Gasteiger partial charge is 0.454 e. The van der Waals surface area contributed by atoms with Crippen LogP contribution in [0.2, 0.25) is 0 Å². The molecule has 1 saturated carbocycles. The highest BCUT2D eigenvalue weighted by atomic mass is 16.7. The van der Waals surface area contributed by atoms with Crippen LogP contribution >= 0.6 is 0 Å². The first kappa shape index (κ1) is 20.0. The van der Waals surface area contributed by atoms with E-state index >= 15 is 0 Å². The van der Waals surface area contributed by atoms with Gasteiger partial charge in [0, 0.05) is 25.1 Å². The van der Waals surface area contributed by atoms with E-state index in [1.54, 1.807) is 18.2 Å². The molecule has 2 atom stereocenters. The number of hydrogen-bond acceptors (Lipinski definition) is 5. The van der Waals surface area contributed by atoms with Crippen LogP contribution in [0.1, 0.15) is 44.0 Å². The summed E-state index contributed by atoms with van der Waals surface area (Å²) in [6.07, 6.45) is 2.02. The van der Waals surface area contributed by atoms with Gasteiger partial charge in [0.25, 0.3) is 5.91 Å². The third-order valence-corrected chi connectivity index (χ3v) is 4.94. The Kier molecular flexibility index (Phi) is 6.06. The molecule has 8 heteroatoms. The zero-order chi connectivity index (χ0) is 20.3. The van der Waals surface area contributed by atoms with Crippen molar-refractivity contribution in [1.82, 2.24) is 16.0 Å². The van der Waals surface area contributed by atoms with E-state index in [-0.39, 0.29) is 36.5 Å². The van der Waals surface area contributed by atoms with Gasteiger partial charge in [-0.05, 0) is 42.9 Å². The van der Waals surface area contributed by atoms with Crippen molar-refractivity contribution >= 4 is 17.7 Å². The molecule has 2 unspecified atom stereocenters. The second-order valence-corrected chi connectivity index (χ2v) is 7.65. The molecule has 28 heavy (non-hydrogen) atoms. The van der Waals surface area contributed by atoms with E-state index in [0.717, 1.165) is 12.8 Å². The Morgan fingerprint density at radius 2 is 1.82 bits per heavy atom. The van der Waals surface area contributed by atoms with Crippen molar-refractivity contribution in [2.45, 2.75) is 45.7 Å². The van der Waals surface area contributed by atoms with Crippen molar-refractivity contribution < 1.29 is 23.9 Å². The van der Waals surface area contributed by atoms with E-state index in [4.69, 9.17) is 9.47 Å². The highest BCUT2D eigenvalue weighted by molar-refractivity contribution is 5.95. The SMILES string of the molecule is CC(=O)NC(C(=O)NC(CNC(=O)c1ccc2c(c1)OCO2)C1CC1)C(C)C. The minimum absolute atomic E-state index is 0.0352. The zero-order valence-electron chi connectivity index (χ0n) is 16.4. The third kappa shape index (κ3) is 4.94. The summed E-state index contributed by atoms with van der Waals surface area (Å²) in [5.74, 6) is 0.776. The van der Waals surface area contributed by atoms with E-state index in [1.165, 1.54) is 6.92 Å². The maximum absolute atomic E-state index is 12.6. The van der Waals surface area contributed by atoms with E-state index in [9.17, 15) is 14.4 Å². The molecule has 1 aliphatic carbocycles. The average Bonchev–Trinajstić information content (AvgIpc) is 3.38. The Balaban J connectivity index is 1.58. The van der Waals surface area contributed by atoms with E-state index in [0.29, 0.717) is 29.5 Å². The number of ether oxygens (including phenoxy) is 2. The number of carbonyl (C=O) groups is 3. The molecule has 1 aliphatic heterocycles. The summed E-state index contributed by atoms with van der Waals surface area (Å²) in [6, 6.07) is 4.27. The molecule has 0 spiro atoms. The van der Waals surface area contributed by atoms with Crippen LogP contribution in [0.25, 0.3) is 0 Å². The molecule has 3 rings (SSSR count). The second-order valence-electron chi connectivity index (χ2n) is 7.65. The molecule has 0 saturated heterocycles. The summed E-state index contributed by atoms with van der Waals surface area (Å²) in [6.45, 7) is 5.64. The number of amides is 3. The van der Waals surface area contributed by atoms with Gasteiger partial charge in [0.15, 0.2) is 11.5 Å². The lowest BCUT2D eigenvalue weighted by molar-refractivity contribution is -0.129. The Hall–Kier alpha value is -2.77. The molecule has 2 aliphatic rings. The number of benzene rings is 1. The van der Waals surface area contributed by atoms with Crippen molar-refractivity contribution in [3.8, 4) is 11.5 Å². The topological polar surface area (TPSA) is 106 Å². The van der Waals surface area contributed by atoms with Crippen molar-refractivity contribution in [3.63, 3.8) is 0 Å².